The molecule has 0 radical (unpaired) electrons. The van der Waals surface area contributed by atoms with Gasteiger partial charge in [0.25, 0.3) is 0 Å². The van der Waals surface area contributed by atoms with Gasteiger partial charge in [0.05, 0.1) is 6.10 Å². The molecular weight excluding hydrogens is 164 g/mol. The van der Waals surface area contributed by atoms with E-state index >= 15 is 0 Å². The molecule has 0 bridgehead atoms. The van der Waals surface area contributed by atoms with Crippen molar-refractivity contribution in [2.24, 2.45) is 0 Å². The van der Waals surface area contributed by atoms with E-state index in [0.29, 0.717) is 6.10 Å². The van der Waals surface area contributed by atoms with Crippen molar-refractivity contribution in [1.82, 2.24) is 10.6 Å². The SMILES string of the molecule is CCNCCNCCC1CCCO1. The Balaban J connectivity index is 1.78. The van der Waals surface area contributed by atoms with Crippen molar-refractivity contribution in [3.05, 3.63) is 0 Å². The minimum absolute atomic E-state index is 0.534. The van der Waals surface area contributed by atoms with Gasteiger partial charge in [-0.05, 0) is 32.4 Å². The van der Waals surface area contributed by atoms with Crippen LogP contribution in [0.3, 0.4) is 0 Å². The van der Waals surface area contributed by atoms with Crippen molar-refractivity contribution in [3.63, 3.8) is 0 Å². The second-order valence-electron chi connectivity index (χ2n) is 3.53. The van der Waals surface area contributed by atoms with Crippen LogP contribution in [-0.2, 0) is 4.74 Å². The van der Waals surface area contributed by atoms with Crippen LogP contribution in [0.2, 0.25) is 0 Å². The predicted octanol–water partition coefficient (Wildman–Crippen LogP) is 0.755. The maximum atomic E-state index is 5.53. The molecule has 1 aliphatic rings. The van der Waals surface area contributed by atoms with E-state index in [-0.39, 0.29) is 0 Å². The van der Waals surface area contributed by atoms with Crippen LogP contribution in [0.4, 0.5) is 0 Å². The van der Waals surface area contributed by atoms with Crippen LogP contribution in [0.1, 0.15) is 26.2 Å². The number of hydrogen-bond donors (Lipinski definition) is 2. The van der Waals surface area contributed by atoms with E-state index < -0.39 is 0 Å². The third-order valence-corrected chi connectivity index (χ3v) is 2.40. The van der Waals surface area contributed by atoms with Crippen LogP contribution in [-0.4, -0.2) is 38.9 Å². The second-order valence-corrected chi connectivity index (χ2v) is 3.53. The van der Waals surface area contributed by atoms with E-state index in [9.17, 15) is 0 Å². The van der Waals surface area contributed by atoms with Gasteiger partial charge >= 0.3 is 0 Å². The van der Waals surface area contributed by atoms with Gasteiger partial charge < -0.3 is 15.4 Å². The summed E-state index contributed by atoms with van der Waals surface area (Å²) in [5.74, 6) is 0. The molecule has 0 aliphatic carbocycles. The number of rotatable bonds is 7. The molecule has 1 unspecified atom stereocenters. The molecule has 78 valence electrons. The predicted molar refractivity (Wildman–Crippen MR) is 55.0 cm³/mol. The summed E-state index contributed by atoms with van der Waals surface area (Å²) in [6.07, 6.45) is 4.22. The van der Waals surface area contributed by atoms with Gasteiger partial charge in [0.1, 0.15) is 0 Å². The average molecular weight is 186 g/mol. The Hall–Kier alpha value is -0.120. The van der Waals surface area contributed by atoms with Gasteiger partial charge in [-0.3, -0.25) is 0 Å². The van der Waals surface area contributed by atoms with Crippen LogP contribution < -0.4 is 10.6 Å². The van der Waals surface area contributed by atoms with Crippen LogP contribution in [0.5, 0.6) is 0 Å². The third kappa shape index (κ3) is 5.24. The van der Waals surface area contributed by atoms with E-state index in [1.807, 2.05) is 0 Å². The summed E-state index contributed by atoms with van der Waals surface area (Å²) in [4.78, 5) is 0. The smallest absolute Gasteiger partial charge is 0.0588 e. The lowest BCUT2D eigenvalue weighted by Gasteiger charge is -2.09. The first-order valence-corrected chi connectivity index (χ1v) is 5.46. The quantitative estimate of drug-likeness (QED) is 0.576. The molecule has 1 heterocycles. The van der Waals surface area contributed by atoms with Crippen LogP contribution in [0.15, 0.2) is 0 Å². The summed E-state index contributed by atoms with van der Waals surface area (Å²) in [5, 5.41) is 6.69. The Kier molecular flexibility index (Phi) is 6.15. The lowest BCUT2D eigenvalue weighted by molar-refractivity contribution is 0.104. The lowest BCUT2D eigenvalue weighted by Crippen LogP contribution is -2.29. The highest BCUT2D eigenvalue weighted by Gasteiger charge is 2.13. The standard InChI is InChI=1S/C10H22N2O/c1-2-11-7-8-12-6-5-10-4-3-9-13-10/h10-12H,2-9H2,1H3. The maximum absolute atomic E-state index is 5.53. The fraction of sp³-hybridized carbons (Fsp3) is 1.00. The van der Waals surface area contributed by atoms with Crippen LogP contribution >= 0.6 is 0 Å². The lowest BCUT2D eigenvalue weighted by atomic mass is 10.2. The number of ether oxygens (including phenoxy) is 1. The molecule has 0 spiro atoms. The molecule has 1 saturated heterocycles. The Morgan fingerprint density at radius 1 is 1.23 bits per heavy atom. The van der Waals surface area contributed by atoms with Crippen molar-refractivity contribution >= 4 is 0 Å². The highest BCUT2D eigenvalue weighted by Crippen LogP contribution is 2.14. The average Bonchev–Trinajstić information content (AvgIpc) is 2.63. The first-order chi connectivity index (χ1) is 6.43. The van der Waals surface area contributed by atoms with Crippen molar-refractivity contribution in [3.8, 4) is 0 Å². The zero-order chi connectivity index (χ0) is 9.36. The largest absolute Gasteiger partial charge is 0.378 e. The van der Waals surface area contributed by atoms with Gasteiger partial charge in [-0.25, -0.2) is 0 Å². The van der Waals surface area contributed by atoms with Gasteiger partial charge in [0.15, 0.2) is 0 Å². The summed E-state index contributed by atoms with van der Waals surface area (Å²) in [5.41, 5.74) is 0. The Morgan fingerprint density at radius 2 is 2.08 bits per heavy atom. The summed E-state index contributed by atoms with van der Waals surface area (Å²) < 4.78 is 5.53. The first kappa shape index (κ1) is 11.0. The first-order valence-electron chi connectivity index (χ1n) is 5.46. The number of hydrogen-bond acceptors (Lipinski definition) is 3. The van der Waals surface area contributed by atoms with Crippen molar-refractivity contribution < 1.29 is 4.74 Å². The fourth-order valence-electron chi connectivity index (χ4n) is 1.61. The molecule has 3 nitrogen and oxygen atoms in total. The van der Waals surface area contributed by atoms with Gasteiger partial charge in [0, 0.05) is 19.7 Å². The maximum Gasteiger partial charge on any atom is 0.0588 e. The zero-order valence-electron chi connectivity index (χ0n) is 8.64. The molecule has 1 rings (SSSR count). The van der Waals surface area contributed by atoms with Crippen LogP contribution in [0, 0.1) is 0 Å². The molecule has 0 saturated carbocycles. The van der Waals surface area contributed by atoms with Crippen molar-refractivity contribution in [2.75, 3.05) is 32.8 Å². The van der Waals surface area contributed by atoms with Crippen molar-refractivity contribution in [1.29, 1.82) is 0 Å². The minimum Gasteiger partial charge on any atom is -0.378 e. The molecule has 1 aliphatic heterocycles. The molecule has 0 amide bonds. The molecule has 13 heavy (non-hydrogen) atoms. The summed E-state index contributed by atoms with van der Waals surface area (Å²) in [7, 11) is 0. The molecular formula is C10H22N2O. The zero-order valence-corrected chi connectivity index (χ0v) is 8.64. The van der Waals surface area contributed by atoms with Crippen molar-refractivity contribution in [2.45, 2.75) is 32.3 Å². The normalized spacial score (nSPS) is 22.4. The van der Waals surface area contributed by atoms with Crippen LogP contribution in [0.25, 0.3) is 0 Å². The van der Waals surface area contributed by atoms with Gasteiger partial charge in [0.2, 0.25) is 0 Å². The van der Waals surface area contributed by atoms with E-state index in [1.54, 1.807) is 0 Å². The van der Waals surface area contributed by atoms with Gasteiger partial charge in [-0.15, -0.1) is 0 Å². The highest BCUT2D eigenvalue weighted by atomic mass is 16.5. The number of nitrogens with one attached hydrogen (secondary N) is 2. The molecule has 0 aromatic heterocycles. The monoisotopic (exact) mass is 186 g/mol. The highest BCUT2D eigenvalue weighted by molar-refractivity contribution is 4.65. The van der Waals surface area contributed by atoms with E-state index in [2.05, 4.69) is 17.6 Å². The van der Waals surface area contributed by atoms with Gasteiger partial charge in [-0.1, -0.05) is 6.92 Å². The Morgan fingerprint density at radius 3 is 2.77 bits per heavy atom. The van der Waals surface area contributed by atoms with E-state index in [1.165, 1.54) is 19.3 Å². The number of likely N-dealkylation sites (N-methyl/N-ethyl adjacent to an activating group) is 1. The van der Waals surface area contributed by atoms with Gasteiger partial charge in [-0.2, -0.15) is 0 Å². The molecule has 1 atom stereocenters. The van der Waals surface area contributed by atoms with E-state index in [0.717, 1.165) is 32.8 Å². The topological polar surface area (TPSA) is 33.3 Å². The summed E-state index contributed by atoms with van der Waals surface area (Å²) >= 11 is 0. The minimum atomic E-state index is 0.534. The third-order valence-electron chi connectivity index (χ3n) is 2.40. The summed E-state index contributed by atoms with van der Waals surface area (Å²) in [6.45, 7) is 7.40. The molecule has 1 fully saturated rings. The molecule has 2 N–H and O–H groups in total. The Bertz CT molecular complexity index is 113. The fourth-order valence-corrected chi connectivity index (χ4v) is 1.61. The van der Waals surface area contributed by atoms with E-state index in [4.69, 9.17) is 4.74 Å². The Labute approximate surface area is 81.2 Å². The summed E-state index contributed by atoms with van der Waals surface area (Å²) in [6, 6.07) is 0. The second kappa shape index (κ2) is 7.30. The molecule has 0 aromatic carbocycles. The molecule has 3 heteroatoms. The molecule has 0 aromatic rings.